The summed E-state index contributed by atoms with van der Waals surface area (Å²) in [6.07, 6.45) is 2.74. The maximum atomic E-state index is 13.6. The fourth-order valence-electron chi connectivity index (χ4n) is 4.94. The minimum absolute atomic E-state index is 0.0329. The van der Waals surface area contributed by atoms with Crippen molar-refractivity contribution < 1.29 is 22.7 Å². The zero-order valence-electron chi connectivity index (χ0n) is 19.7. The van der Waals surface area contributed by atoms with Crippen LogP contribution in [-0.4, -0.2) is 99.3 Å². The zero-order chi connectivity index (χ0) is 25.1. The van der Waals surface area contributed by atoms with Crippen molar-refractivity contribution in [3.63, 3.8) is 0 Å². The number of methoxy groups -OCH3 is 1. The number of likely N-dealkylation sites (tertiary alicyclic amines) is 1. The summed E-state index contributed by atoms with van der Waals surface area (Å²) in [7, 11) is -2.23. The first-order valence-electron chi connectivity index (χ1n) is 11.2. The highest BCUT2D eigenvalue weighted by Crippen LogP contribution is 2.32. The molecule has 0 saturated carbocycles. The lowest BCUT2D eigenvalue weighted by Gasteiger charge is -2.55. The van der Waals surface area contributed by atoms with Crippen LogP contribution in [0.3, 0.4) is 0 Å². The molecule has 1 aromatic rings. The summed E-state index contributed by atoms with van der Waals surface area (Å²) in [5, 5.41) is 0.785. The lowest BCUT2D eigenvalue weighted by molar-refractivity contribution is -0.145. The van der Waals surface area contributed by atoms with Crippen LogP contribution in [0.15, 0.2) is 18.2 Å². The summed E-state index contributed by atoms with van der Waals surface area (Å²) < 4.78 is 31.4. The first-order chi connectivity index (χ1) is 15.9. The molecule has 12 heteroatoms. The molecule has 1 aromatic carbocycles. The predicted octanol–water partition coefficient (Wildman–Crippen LogP) is 2.22. The summed E-state index contributed by atoms with van der Waals surface area (Å²) in [4.78, 5) is 31.8. The van der Waals surface area contributed by atoms with Crippen molar-refractivity contribution in [2.24, 2.45) is 0 Å². The highest BCUT2D eigenvalue weighted by molar-refractivity contribution is 7.88. The molecule has 0 spiro atoms. The van der Waals surface area contributed by atoms with E-state index in [0.717, 1.165) is 37.8 Å². The second-order valence-corrected chi connectivity index (χ2v) is 11.8. The van der Waals surface area contributed by atoms with Crippen LogP contribution in [0.2, 0.25) is 10.0 Å². The highest BCUT2D eigenvalue weighted by Gasteiger charge is 2.51. The Morgan fingerprint density at radius 3 is 2.41 bits per heavy atom. The van der Waals surface area contributed by atoms with Crippen molar-refractivity contribution >= 4 is 45.2 Å². The van der Waals surface area contributed by atoms with Crippen LogP contribution >= 0.6 is 23.2 Å². The Kier molecular flexibility index (Phi) is 8.73. The summed E-state index contributed by atoms with van der Waals surface area (Å²) in [5.41, 5.74) is -0.133. The fourth-order valence-corrected chi connectivity index (χ4v) is 5.73. The van der Waals surface area contributed by atoms with Gasteiger partial charge in [0.05, 0.1) is 41.4 Å². The number of halogens is 2. The van der Waals surface area contributed by atoms with Crippen molar-refractivity contribution in [1.82, 2.24) is 19.4 Å². The van der Waals surface area contributed by atoms with Gasteiger partial charge in [-0.3, -0.25) is 9.69 Å². The van der Waals surface area contributed by atoms with Gasteiger partial charge in [0.25, 0.3) is 0 Å². The topological polar surface area (TPSA) is 99.3 Å². The number of amides is 2. The van der Waals surface area contributed by atoms with E-state index in [-0.39, 0.29) is 25.4 Å². The number of rotatable bonds is 7. The minimum atomic E-state index is -3.52. The number of nitrogens with one attached hydrogen (secondary N) is 1. The van der Waals surface area contributed by atoms with Gasteiger partial charge in [-0.15, -0.1) is 0 Å². The first-order valence-corrected chi connectivity index (χ1v) is 13.9. The SMILES string of the molecule is COC(=O)N1CCN(C(=O)Cc2ccc(Cl)c(Cl)c2)[C@](C)(CN2CCCC2)[C@@H]1CNS(C)(=O)=O. The third kappa shape index (κ3) is 6.34. The second-order valence-electron chi connectivity index (χ2n) is 9.11. The molecule has 3 rings (SSSR count). The van der Waals surface area contributed by atoms with E-state index in [1.807, 2.05) is 6.92 Å². The summed E-state index contributed by atoms with van der Waals surface area (Å²) in [6, 6.07) is 4.47. The first kappa shape index (κ1) is 27.0. The number of carbonyl (C=O) groups excluding carboxylic acids is 2. The van der Waals surface area contributed by atoms with Crippen molar-refractivity contribution in [1.29, 1.82) is 0 Å². The average molecular weight is 535 g/mol. The van der Waals surface area contributed by atoms with E-state index >= 15 is 0 Å². The molecule has 9 nitrogen and oxygen atoms in total. The molecule has 1 N–H and O–H groups in total. The van der Waals surface area contributed by atoms with Crippen LogP contribution in [0.25, 0.3) is 0 Å². The van der Waals surface area contributed by atoms with Crippen LogP contribution in [0.4, 0.5) is 4.79 Å². The molecule has 2 aliphatic rings. The van der Waals surface area contributed by atoms with E-state index in [0.29, 0.717) is 23.1 Å². The lowest BCUT2D eigenvalue weighted by atomic mass is 9.85. The molecular formula is C22H32Cl2N4O5S. The van der Waals surface area contributed by atoms with Gasteiger partial charge in [-0.1, -0.05) is 29.3 Å². The average Bonchev–Trinajstić information content (AvgIpc) is 3.26. The van der Waals surface area contributed by atoms with E-state index in [9.17, 15) is 18.0 Å². The Balaban J connectivity index is 1.96. The molecule has 2 heterocycles. The number of benzene rings is 1. The number of nitrogens with zero attached hydrogens (tertiary/aromatic N) is 3. The van der Waals surface area contributed by atoms with Gasteiger partial charge in [-0.05, 0) is 50.6 Å². The highest BCUT2D eigenvalue weighted by atomic mass is 35.5. The smallest absolute Gasteiger partial charge is 0.409 e. The van der Waals surface area contributed by atoms with E-state index in [2.05, 4.69) is 9.62 Å². The summed E-state index contributed by atoms with van der Waals surface area (Å²) in [6.45, 7) is 4.69. The van der Waals surface area contributed by atoms with Crippen molar-refractivity contribution in [3.8, 4) is 0 Å². The number of ether oxygens (including phenoxy) is 1. The van der Waals surface area contributed by atoms with Gasteiger partial charge in [0.2, 0.25) is 15.9 Å². The molecule has 190 valence electrons. The monoisotopic (exact) mass is 534 g/mol. The van der Waals surface area contributed by atoms with Gasteiger partial charge in [0, 0.05) is 26.2 Å². The molecule has 0 aliphatic carbocycles. The molecular weight excluding hydrogens is 503 g/mol. The molecule has 2 fully saturated rings. The van der Waals surface area contributed by atoms with Gasteiger partial charge in [0.15, 0.2) is 0 Å². The van der Waals surface area contributed by atoms with Crippen LogP contribution in [-0.2, 0) is 26.0 Å². The molecule has 0 radical (unpaired) electrons. The van der Waals surface area contributed by atoms with Gasteiger partial charge >= 0.3 is 6.09 Å². The third-order valence-corrected chi connectivity index (χ3v) is 8.04. The van der Waals surface area contributed by atoms with Gasteiger partial charge in [0.1, 0.15) is 0 Å². The maximum Gasteiger partial charge on any atom is 0.409 e. The van der Waals surface area contributed by atoms with E-state index in [4.69, 9.17) is 27.9 Å². The van der Waals surface area contributed by atoms with Gasteiger partial charge < -0.3 is 14.5 Å². The van der Waals surface area contributed by atoms with Gasteiger partial charge in [-0.25, -0.2) is 17.9 Å². The Hall–Kier alpha value is -1.59. The number of carbonyl (C=O) groups is 2. The molecule has 2 aliphatic heterocycles. The second kappa shape index (κ2) is 11.0. The minimum Gasteiger partial charge on any atom is -0.453 e. The lowest BCUT2D eigenvalue weighted by Crippen LogP contribution is -2.74. The van der Waals surface area contributed by atoms with Gasteiger partial charge in [-0.2, -0.15) is 0 Å². The summed E-state index contributed by atoms with van der Waals surface area (Å²) in [5.74, 6) is -0.131. The number of piperazine rings is 1. The Bertz CT molecular complexity index is 1020. The predicted molar refractivity (Wildman–Crippen MR) is 132 cm³/mol. The number of hydrogen-bond donors (Lipinski definition) is 1. The van der Waals surface area contributed by atoms with Crippen molar-refractivity contribution in [2.45, 2.75) is 37.8 Å². The Morgan fingerprint density at radius 1 is 1.15 bits per heavy atom. The Morgan fingerprint density at radius 2 is 1.82 bits per heavy atom. The largest absolute Gasteiger partial charge is 0.453 e. The van der Waals surface area contributed by atoms with Crippen molar-refractivity contribution in [3.05, 3.63) is 33.8 Å². The quantitative estimate of drug-likeness (QED) is 0.575. The number of hydrogen-bond acceptors (Lipinski definition) is 6. The van der Waals surface area contributed by atoms with E-state index in [1.54, 1.807) is 23.1 Å². The van der Waals surface area contributed by atoms with Crippen LogP contribution in [0.5, 0.6) is 0 Å². The fraction of sp³-hybridized carbons (Fsp3) is 0.636. The molecule has 0 bridgehead atoms. The molecule has 0 unspecified atom stereocenters. The molecule has 2 amide bonds. The summed E-state index contributed by atoms with van der Waals surface area (Å²) >= 11 is 12.2. The van der Waals surface area contributed by atoms with Crippen molar-refractivity contribution in [2.75, 3.05) is 52.6 Å². The molecule has 34 heavy (non-hydrogen) atoms. The zero-order valence-corrected chi connectivity index (χ0v) is 22.0. The Labute approximate surface area is 211 Å². The van der Waals surface area contributed by atoms with Crippen LogP contribution < -0.4 is 4.72 Å². The van der Waals surface area contributed by atoms with Crippen LogP contribution in [0, 0.1) is 0 Å². The molecule has 2 saturated heterocycles. The molecule has 0 aromatic heterocycles. The number of sulfonamides is 1. The van der Waals surface area contributed by atoms with E-state index < -0.39 is 27.7 Å². The standard InChI is InChI=1S/C22H32Cl2N4O5S/c1-22(15-26-8-4-5-9-26)19(14-25-34(3,31)32)27(21(30)33-2)10-11-28(22)20(29)13-16-6-7-17(23)18(24)12-16/h6-7,12,19,25H,4-5,8-11,13-15H2,1-3H3/t19-,22+/m0/s1. The third-order valence-electron chi connectivity index (χ3n) is 6.61. The maximum absolute atomic E-state index is 13.6. The normalized spacial score (nSPS) is 23.9. The van der Waals surface area contributed by atoms with Crippen LogP contribution in [0.1, 0.15) is 25.3 Å². The van der Waals surface area contributed by atoms with E-state index in [1.165, 1.54) is 12.0 Å². The molecule has 2 atom stereocenters.